The van der Waals surface area contributed by atoms with Gasteiger partial charge in [0.1, 0.15) is 12.4 Å². The van der Waals surface area contributed by atoms with Crippen LogP contribution in [0.25, 0.3) is 0 Å². The molecule has 0 aliphatic carbocycles. The summed E-state index contributed by atoms with van der Waals surface area (Å²) in [5.74, 6) is -1.19. The van der Waals surface area contributed by atoms with Crippen molar-refractivity contribution in [2.24, 2.45) is 0 Å². The van der Waals surface area contributed by atoms with E-state index in [1.807, 2.05) is 0 Å². The number of carbonyl (C=O) groups excluding carboxylic acids is 1. The van der Waals surface area contributed by atoms with Gasteiger partial charge in [-0.05, 0) is 12.1 Å². The van der Waals surface area contributed by atoms with Crippen molar-refractivity contribution in [3.63, 3.8) is 0 Å². The minimum atomic E-state index is -0.653. The van der Waals surface area contributed by atoms with Crippen LogP contribution in [0, 0.1) is 11.0 Å². The zero-order chi connectivity index (χ0) is 13.8. The fraction of sp³-hybridized carbons (Fsp3) is 0.0769. The standard InChI is InChI=1S/C13H9ClFNO3/c14-11-2-1-3-12(15)10(11)8-19-13(17)9-4-6-16(18)7-5-9/h1-7H,8H2. The Morgan fingerprint density at radius 2 is 2.00 bits per heavy atom. The molecule has 1 aromatic carbocycles. The Bertz CT molecular complexity index is 581. The molecule has 0 spiro atoms. The molecule has 2 rings (SSSR count). The molecule has 0 radical (unpaired) electrons. The predicted octanol–water partition coefficient (Wildman–Crippen LogP) is 2.47. The highest BCUT2D eigenvalue weighted by Crippen LogP contribution is 2.20. The third-order valence-corrected chi connectivity index (χ3v) is 2.80. The summed E-state index contributed by atoms with van der Waals surface area (Å²) < 4.78 is 18.9. The molecule has 19 heavy (non-hydrogen) atoms. The number of hydrogen-bond donors (Lipinski definition) is 0. The Morgan fingerprint density at radius 3 is 2.63 bits per heavy atom. The van der Waals surface area contributed by atoms with Gasteiger partial charge in [0.05, 0.1) is 10.6 Å². The smallest absolute Gasteiger partial charge is 0.338 e. The van der Waals surface area contributed by atoms with E-state index in [1.54, 1.807) is 0 Å². The number of benzene rings is 1. The maximum absolute atomic E-state index is 13.4. The van der Waals surface area contributed by atoms with Crippen molar-refractivity contribution < 1.29 is 18.7 Å². The lowest BCUT2D eigenvalue weighted by atomic mass is 10.2. The second-order valence-corrected chi connectivity index (χ2v) is 4.13. The quantitative estimate of drug-likeness (QED) is 0.493. The van der Waals surface area contributed by atoms with Crippen LogP contribution < -0.4 is 4.73 Å². The first-order chi connectivity index (χ1) is 9.08. The molecule has 98 valence electrons. The molecular weight excluding hydrogens is 273 g/mol. The van der Waals surface area contributed by atoms with E-state index < -0.39 is 11.8 Å². The molecule has 1 heterocycles. The van der Waals surface area contributed by atoms with E-state index in [2.05, 4.69) is 0 Å². The summed E-state index contributed by atoms with van der Waals surface area (Å²) in [6.07, 6.45) is 2.35. The molecule has 1 aromatic heterocycles. The maximum Gasteiger partial charge on any atom is 0.338 e. The number of esters is 1. The van der Waals surface area contributed by atoms with Crippen molar-refractivity contribution in [2.45, 2.75) is 6.61 Å². The summed E-state index contributed by atoms with van der Waals surface area (Å²) in [7, 11) is 0. The highest BCUT2D eigenvalue weighted by molar-refractivity contribution is 6.31. The molecule has 0 aliphatic heterocycles. The van der Waals surface area contributed by atoms with Gasteiger partial charge in [0, 0.05) is 17.7 Å². The topological polar surface area (TPSA) is 53.2 Å². The lowest BCUT2D eigenvalue weighted by Gasteiger charge is -2.07. The van der Waals surface area contributed by atoms with Crippen molar-refractivity contribution in [3.8, 4) is 0 Å². The molecule has 0 aliphatic rings. The average Bonchev–Trinajstić information content (AvgIpc) is 2.38. The summed E-state index contributed by atoms with van der Waals surface area (Å²) in [6, 6.07) is 6.85. The third-order valence-electron chi connectivity index (χ3n) is 2.45. The molecule has 0 atom stereocenters. The van der Waals surface area contributed by atoms with E-state index in [1.165, 1.54) is 42.7 Å². The fourth-order valence-corrected chi connectivity index (χ4v) is 1.66. The Labute approximate surface area is 113 Å². The summed E-state index contributed by atoms with van der Waals surface area (Å²) in [4.78, 5) is 11.7. The van der Waals surface area contributed by atoms with Crippen LogP contribution in [-0.4, -0.2) is 5.97 Å². The van der Waals surface area contributed by atoms with Gasteiger partial charge in [-0.3, -0.25) is 0 Å². The van der Waals surface area contributed by atoms with Gasteiger partial charge in [-0.1, -0.05) is 17.7 Å². The number of hydrogen-bond acceptors (Lipinski definition) is 3. The van der Waals surface area contributed by atoms with Crippen molar-refractivity contribution in [2.75, 3.05) is 0 Å². The van der Waals surface area contributed by atoms with Gasteiger partial charge in [-0.15, -0.1) is 0 Å². The molecule has 4 nitrogen and oxygen atoms in total. The summed E-state index contributed by atoms with van der Waals surface area (Å²) in [5.41, 5.74) is 0.326. The molecule has 0 saturated carbocycles. The van der Waals surface area contributed by atoms with Crippen LogP contribution >= 0.6 is 11.6 Å². The fourth-order valence-electron chi connectivity index (χ4n) is 1.44. The minimum Gasteiger partial charge on any atom is -0.619 e. The Balaban J connectivity index is 2.06. The number of pyridine rings is 1. The minimum absolute atomic E-state index is 0.118. The second-order valence-electron chi connectivity index (χ2n) is 3.72. The van der Waals surface area contributed by atoms with Crippen LogP contribution in [0.2, 0.25) is 5.02 Å². The second kappa shape index (κ2) is 5.67. The van der Waals surface area contributed by atoms with Crippen LogP contribution in [0.15, 0.2) is 42.7 Å². The highest BCUT2D eigenvalue weighted by atomic mass is 35.5. The number of halogens is 2. The number of rotatable bonds is 3. The number of nitrogens with zero attached hydrogens (tertiary/aromatic N) is 1. The molecule has 0 unspecified atom stereocenters. The first-order valence-electron chi connectivity index (χ1n) is 5.37. The zero-order valence-electron chi connectivity index (χ0n) is 9.68. The SMILES string of the molecule is O=C(OCc1c(F)cccc1Cl)c1cc[n+]([O-])cc1. The zero-order valence-corrected chi connectivity index (χ0v) is 10.4. The largest absolute Gasteiger partial charge is 0.619 e. The highest BCUT2D eigenvalue weighted by Gasteiger charge is 2.12. The summed E-state index contributed by atoms with van der Waals surface area (Å²) in [6.45, 7) is -0.267. The first kappa shape index (κ1) is 13.3. The molecule has 0 fully saturated rings. The molecule has 0 bridgehead atoms. The molecular formula is C13H9ClFNO3. The monoisotopic (exact) mass is 281 g/mol. The average molecular weight is 282 g/mol. The van der Waals surface area contributed by atoms with E-state index in [-0.39, 0.29) is 22.8 Å². The van der Waals surface area contributed by atoms with E-state index in [0.29, 0.717) is 4.73 Å². The van der Waals surface area contributed by atoms with E-state index in [0.717, 1.165) is 0 Å². The van der Waals surface area contributed by atoms with E-state index >= 15 is 0 Å². The van der Waals surface area contributed by atoms with Gasteiger partial charge >= 0.3 is 5.97 Å². The Morgan fingerprint density at radius 1 is 1.32 bits per heavy atom. The van der Waals surface area contributed by atoms with Gasteiger partial charge < -0.3 is 9.94 Å². The predicted molar refractivity (Wildman–Crippen MR) is 65.9 cm³/mol. The van der Waals surface area contributed by atoms with Gasteiger partial charge in [0.2, 0.25) is 0 Å². The molecule has 2 aromatic rings. The maximum atomic E-state index is 13.4. The van der Waals surface area contributed by atoms with Crippen LogP contribution in [0.4, 0.5) is 4.39 Å². The van der Waals surface area contributed by atoms with Crippen LogP contribution in [0.3, 0.4) is 0 Å². The Hall–Kier alpha value is -2.14. The normalized spacial score (nSPS) is 10.2. The molecule has 0 saturated heterocycles. The molecule has 0 amide bonds. The van der Waals surface area contributed by atoms with Gasteiger partial charge in [0.25, 0.3) is 0 Å². The summed E-state index contributed by atoms with van der Waals surface area (Å²) in [5, 5.41) is 11.0. The van der Waals surface area contributed by atoms with E-state index in [9.17, 15) is 14.4 Å². The lowest BCUT2D eigenvalue weighted by molar-refractivity contribution is -0.605. The number of aromatic nitrogens is 1. The third kappa shape index (κ3) is 3.20. The van der Waals surface area contributed by atoms with Crippen molar-refractivity contribution in [1.29, 1.82) is 0 Å². The van der Waals surface area contributed by atoms with E-state index in [4.69, 9.17) is 16.3 Å². The van der Waals surface area contributed by atoms with Crippen LogP contribution in [0.5, 0.6) is 0 Å². The van der Waals surface area contributed by atoms with Crippen molar-refractivity contribution in [3.05, 3.63) is 69.9 Å². The number of carbonyl (C=O) groups is 1. The Kier molecular flexibility index (Phi) is 3.97. The van der Waals surface area contributed by atoms with Gasteiger partial charge in [-0.25, -0.2) is 9.18 Å². The van der Waals surface area contributed by atoms with Crippen LogP contribution in [0.1, 0.15) is 15.9 Å². The number of ether oxygens (including phenoxy) is 1. The summed E-state index contributed by atoms with van der Waals surface area (Å²) >= 11 is 5.80. The van der Waals surface area contributed by atoms with Crippen molar-refractivity contribution >= 4 is 17.6 Å². The molecule has 0 N–H and O–H groups in total. The first-order valence-corrected chi connectivity index (χ1v) is 5.74. The molecule has 6 heteroatoms. The van der Waals surface area contributed by atoms with Gasteiger partial charge in [-0.2, -0.15) is 4.73 Å². The van der Waals surface area contributed by atoms with Crippen LogP contribution in [-0.2, 0) is 11.3 Å². The lowest BCUT2D eigenvalue weighted by Crippen LogP contribution is -2.24. The van der Waals surface area contributed by atoms with Gasteiger partial charge in [0.15, 0.2) is 12.4 Å². The van der Waals surface area contributed by atoms with Crippen molar-refractivity contribution in [1.82, 2.24) is 0 Å².